The maximum atomic E-state index is 11.8. The first-order valence-corrected chi connectivity index (χ1v) is 7.17. The largest absolute Gasteiger partial charge is 0.399 e. The maximum absolute atomic E-state index is 11.8. The lowest BCUT2D eigenvalue weighted by Gasteiger charge is -2.05. The SMILES string of the molecule is CC.CC.Nc1ccc(NC(=O)c2ccc(N)cc2)cc1. The molecule has 21 heavy (non-hydrogen) atoms. The summed E-state index contributed by atoms with van der Waals surface area (Å²) in [6, 6.07) is 13.7. The van der Waals surface area contributed by atoms with Crippen molar-refractivity contribution in [3.8, 4) is 0 Å². The van der Waals surface area contributed by atoms with Crippen LogP contribution in [0.15, 0.2) is 48.5 Å². The second kappa shape index (κ2) is 10.3. The zero-order valence-corrected chi connectivity index (χ0v) is 13.2. The first-order chi connectivity index (χ1) is 10.1. The summed E-state index contributed by atoms with van der Waals surface area (Å²) in [5, 5.41) is 2.77. The lowest BCUT2D eigenvalue weighted by molar-refractivity contribution is 0.102. The number of benzene rings is 2. The molecule has 0 aliphatic rings. The van der Waals surface area contributed by atoms with Crippen LogP contribution in [0.3, 0.4) is 0 Å². The van der Waals surface area contributed by atoms with Gasteiger partial charge in [0.25, 0.3) is 5.91 Å². The van der Waals surface area contributed by atoms with Crippen LogP contribution < -0.4 is 16.8 Å². The Morgan fingerprint density at radius 2 is 1.14 bits per heavy atom. The molecule has 0 saturated carbocycles. The van der Waals surface area contributed by atoms with E-state index in [-0.39, 0.29) is 5.91 Å². The second-order valence-corrected chi connectivity index (χ2v) is 3.70. The summed E-state index contributed by atoms with van der Waals surface area (Å²) in [7, 11) is 0. The summed E-state index contributed by atoms with van der Waals surface area (Å²) in [6.07, 6.45) is 0. The quantitative estimate of drug-likeness (QED) is 0.725. The van der Waals surface area contributed by atoms with Gasteiger partial charge < -0.3 is 16.8 Å². The number of carbonyl (C=O) groups excluding carboxylic acids is 1. The number of hydrogen-bond donors (Lipinski definition) is 3. The Kier molecular flexibility index (Phi) is 9.09. The molecule has 4 heteroatoms. The molecule has 0 fully saturated rings. The Labute approximate surface area is 127 Å². The van der Waals surface area contributed by atoms with Gasteiger partial charge in [0.1, 0.15) is 0 Å². The van der Waals surface area contributed by atoms with Gasteiger partial charge in [-0.3, -0.25) is 4.79 Å². The summed E-state index contributed by atoms with van der Waals surface area (Å²) >= 11 is 0. The molecular weight excluding hydrogens is 262 g/mol. The Balaban J connectivity index is 0.000000921. The predicted molar refractivity (Wildman–Crippen MR) is 92.4 cm³/mol. The highest BCUT2D eigenvalue weighted by Crippen LogP contribution is 2.13. The number of hydrogen-bond acceptors (Lipinski definition) is 3. The van der Waals surface area contributed by atoms with Gasteiger partial charge in [-0.2, -0.15) is 0 Å². The van der Waals surface area contributed by atoms with Gasteiger partial charge in [-0.1, -0.05) is 27.7 Å². The van der Waals surface area contributed by atoms with Crippen LogP contribution in [-0.2, 0) is 0 Å². The Morgan fingerprint density at radius 3 is 1.57 bits per heavy atom. The molecule has 0 saturated heterocycles. The van der Waals surface area contributed by atoms with Gasteiger partial charge in [-0.25, -0.2) is 0 Å². The van der Waals surface area contributed by atoms with Crippen LogP contribution in [-0.4, -0.2) is 5.91 Å². The fourth-order valence-corrected chi connectivity index (χ4v) is 1.40. The van der Waals surface area contributed by atoms with E-state index < -0.39 is 0 Å². The summed E-state index contributed by atoms with van der Waals surface area (Å²) in [6.45, 7) is 8.00. The third-order valence-electron chi connectivity index (χ3n) is 2.34. The van der Waals surface area contributed by atoms with Crippen molar-refractivity contribution in [2.75, 3.05) is 16.8 Å². The molecule has 2 aromatic carbocycles. The van der Waals surface area contributed by atoms with E-state index in [1.165, 1.54) is 0 Å². The molecule has 0 bridgehead atoms. The number of amides is 1. The van der Waals surface area contributed by atoms with Crippen LogP contribution in [0.2, 0.25) is 0 Å². The third-order valence-corrected chi connectivity index (χ3v) is 2.34. The van der Waals surface area contributed by atoms with Gasteiger partial charge in [-0.05, 0) is 48.5 Å². The summed E-state index contributed by atoms with van der Waals surface area (Å²) in [5.41, 5.74) is 13.7. The van der Waals surface area contributed by atoms with E-state index >= 15 is 0 Å². The molecule has 5 N–H and O–H groups in total. The minimum atomic E-state index is -0.172. The van der Waals surface area contributed by atoms with Gasteiger partial charge in [0, 0.05) is 22.6 Å². The van der Waals surface area contributed by atoms with Gasteiger partial charge in [-0.15, -0.1) is 0 Å². The fraction of sp³-hybridized carbons (Fsp3) is 0.235. The number of nitrogens with two attached hydrogens (primary N) is 2. The van der Waals surface area contributed by atoms with E-state index in [0.717, 1.165) is 0 Å². The highest BCUT2D eigenvalue weighted by Gasteiger charge is 2.05. The molecule has 0 aliphatic carbocycles. The molecular formula is C17H25N3O. The maximum Gasteiger partial charge on any atom is 0.255 e. The van der Waals surface area contributed by atoms with Crippen molar-refractivity contribution in [3.63, 3.8) is 0 Å². The lowest BCUT2D eigenvalue weighted by Crippen LogP contribution is -2.11. The number of nitrogen functional groups attached to an aromatic ring is 2. The highest BCUT2D eigenvalue weighted by molar-refractivity contribution is 6.04. The summed E-state index contributed by atoms with van der Waals surface area (Å²) in [4.78, 5) is 11.8. The molecule has 2 rings (SSSR count). The minimum absolute atomic E-state index is 0.172. The molecule has 0 radical (unpaired) electrons. The van der Waals surface area contributed by atoms with Crippen LogP contribution in [0.1, 0.15) is 38.1 Å². The Morgan fingerprint density at radius 1 is 0.762 bits per heavy atom. The van der Waals surface area contributed by atoms with Crippen molar-refractivity contribution < 1.29 is 4.79 Å². The van der Waals surface area contributed by atoms with E-state index in [1.54, 1.807) is 48.5 Å². The number of carbonyl (C=O) groups is 1. The number of anilines is 3. The zero-order chi connectivity index (χ0) is 16.3. The highest BCUT2D eigenvalue weighted by atomic mass is 16.1. The van der Waals surface area contributed by atoms with Gasteiger partial charge in [0.2, 0.25) is 0 Å². The predicted octanol–water partition coefficient (Wildman–Crippen LogP) is 4.16. The molecule has 0 heterocycles. The monoisotopic (exact) mass is 287 g/mol. The third kappa shape index (κ3) is 6.47. The molecule has 0 aliphatic heterocycles. The zero-order valence-electron chi connectivity index (χ0n) is 13.2. The van der Waals surface area contributed by atoms with E-state index in [2.05, 4.69) is 5.32 Å². The van der Waals surface area contributed by atoms with Crippen molar-refractivity contribution >= 4 is 23.0 Å². The van der Waals surface area contributed by atoms with Crippen molar-refractivity contribution in [1.29, 1.82) is 0 Å². The standard InChI is InChI=1S/C13H13N3O.2C2H6/c14-10-3-1-9(2-4-10)13(17)16-12-7-5-11(15)6-8-12;2*1-2/h1-8H,14-15H2,(H,16,17);2*1-2H3. The van der Waals surface area contributed by atoms with Crippen molar-refractivity contribution in [2.24, 2.45) is 0 Å². The van der Waals surface area contributed by atoms with Gasteiger partial charge >= 0.3 is 0 Å². The van der Waals surface area contributed by atoms with Gasteiger partial charge in [0.15, 0.2) is 0 Å². The van der Waals surface area contributed by atoms with Crippen molar-refractivity contribution in [3.05, 3.63) is 54.1 Å². The summed E-state index contributed by atoms with van der Waals surface area (Å²) in [5.74, 6) is -0.172. The average molecular weight is 287 g/mol. The molecule has 1 amide bonds. The van der Waals surface area contributed by atoms with Crippen molar-refractivity contribution in [2.45, 2.75) is 27.7 Å². The number of nitrogens with one attached hydrogen (secondary N) is 1. The Hall–Kier alpha value is -2.49. The molecule has 0 aromatic heterocycles. The van der Waals surface area contributed by atoms with Crippen LogP contribution in [0.4, 0.5) is 17.1 Å². The van der Waals surface area contributed by atoms with Gasteiger partial charge in [0.05, 0.1) is 0 Å². The Bertz CT molecular complexity index is 519. The minimum Gasteiger partial charge on any atom is -0.399 e. The first-order valence-electron chi connectivity index (χ1n) is 7.17. The van der Waals surface area contributed by atoms with E-state index in [0.29, 0.717) is 22.6 Å². The lowest BCUT2D eigenvalue weighted by atomic mass is 10.2. The van der Waals surface area contributed by atoms with Crippen LogP contribution in [0.25, 0.3) is 0 Å². The molecule has 0 unspecified atom stereocenters. The topological polar surface area (TPSA) is 81.1 Å². The van der Waals surface area contributed by atoms with E-state index in [1.807, 2.05) is 27.7 Å². The van der Waals surface area contributed by atoms with Crippen LogP contribution >= 0.6 is 0 Å². The smallest absolute Gasteiger partial charge is 0.255 e. The first kappa shape index (κ1) is 18.5. The second-order valence-electron chi connectivity index (χ2n) is 3.70. The van der Waals surface area contributed by atoms with Crippen molar-refractivity contribution in [1.82, 2.24) is 0 Å². The van der Waals surface area contributed by atoms with E-state index in [9.17, 15) is 4.79 Å². The molecule has 0 spiro atoms. The normalized spacial score (nSPS) is 8.57. The number of rotatable bonds is 2. The van der Waals surface area contributed by atoms with Crippen LogP contribution in [0.5, 0.6) is 0 Å². The molecule has 4 nitrogen and oxygen atoms in total. The fourth-order valence-electron chi connectivity index (χ4n) is 1.40. The molecule has 114 valence electrons. The molecule has 0 atom stereocenters. The van der Waals surface area contributed by atoms with E-state index in [4.69, 9.17) is 11.5 Å². The summed E-state index contributed by atoms with van der Waals surface area (Å²) < 4.78 is 0. The average Bonchev–Trinajstić information content (AvgIpc) is 2.54. The molecule has 2 aromatic rings. The van der Waals surface area contributed by atoms with Crippen LogP contribution in [0, 0.1) is 0 Å².